The smallest absolute Gasteiger partial charge is 0.180 e. The van der Waals surface area contributed by atoms with Gasteiger partial charge in [0.1, 0.15) is 0 Å². The predicted molar refractivity (Wildman–Crippen MR) is 49.6 cm³/mol. The molecule has 4 nitrogen and oxygen atoms in total. The highest BCUT2D eigenvalue weighted by molar-refractivity contribution is 4.70. The van der Waals surface area contributed by atoms with Gasteiger partial charge in [-0.2, -0.15) is 0 Å². The largest absolute Gasteiger partial charge is 0.376 e. The van der Waals surface area contributed by atoms with E-state index in [1.54, 1.807) is 14.2 Å². The van der Waals surface area contributed by atoms with Gasteiger partial charge in [0, 0.05) is 20.8 Å². The topological polar surface area (TPSA) is 39.7 Å². The fourth-order valence-electron chi connectivity index (χ4n) is 1.42. The van der Waals surface area contributed by atoms with Crippen molar-refractivity contribution in [2.75, 3.05) is 40.5 Å². The summed E-state index contributed by atoms with van der Waals surface area (Å²) in [5, 5.41) is 3.30. The molecule has 0 spiro atoms. The zero-order valence-corrected chi connectivity index (χ0v) is 8.41. The molecule has 0 aromatic rings. The molecule has 1 aliphatic rings. The summed E-state index contributed by atoms with van der Waals surface area (Å²) in [6, 6.07) is 0. The van der Waals surface area contributed by atoms with Gasteiger partial charge in [-0.25, -0.2) is 0 Å². The van der Waals surface area contributed by atoms with Crippen molar-refractivity contribution in [2.45, 2.75) is 12.7 Å². The van der Waals surface area contributed by atoms with Crippen LogP contribution in [0.3, 0.4) is 0 Å². The molecule has 0 amide bonds. The van der Waals surface area contributed by atoms with Gasteiger partial charge in [0.2, 0.25) is 0 Å². The molecule has 0 aliphatic carbocycles. The zero-order valence-electron chi connectivity index (χ0n) is 8.41. The summed E-state index contributed by atoms with van der Waals surface area (Å²) in [7, 11) is 3.24. The van der Waals surface area contributed by atoms with Crippen LogP contribution in [0.2, 0.25) is 0 Å². The number of methoxy groups -OCH3 is 2. The average molecular weight is 189 g/mol. The Morgan fingerprint density at radius 3 is 2.69 bits per heavy atom. The first kappa shape index (κ1) is 10.9. The van der Waals surface area contributed by atoms with Gasteiger partial charge >= 0.3 is 0 Å². The lowest BCUT2D eigenvalue weighted by molar-refractivity contribution is -0.142. The highest BCUT2D eigenvalue weighted by Gasteiger charge is 2.15. The van der Waals surface area contributed by atoms with Crippen LogP contribution in [0.4, 0.5) is 0 Å². The number of ether oxygens (including phenoxy) is 3. The van der Waals surface area contributed by atoms with Gasteiger partial charge < -0.3 is 19.5 Å². The third-order valence-corrected chi connectivity index (χ3v) is 2.30. The molecule has 1 fully saturated rings. The maximum absolute atomic E-state index is 5.47. The summed E-state index contributed by atoms with van der Waals surface area (Å²) in [6.07, 6.45) is 0.985. The molecule has 4 heteroatoms. The molecule has 0 aromatic carbocycles. The third kappa shape index (κ3) is 4.04. The maximum Gasteiger partial charge on any atom is 0.180 e. The van der Waals surface area contributed by atoms with Crippen molar-refractivity contribution in [1.82, 2.24) is 5.32 Å². The lowest BCUT2D eigenvalue weighted by Crippen LogP contribution is -2.23. The van der Waals surface area contributed by atoms with Crippen LogP contribution in [0.5, 0.6) is 0 Å². The zero-order chi connectivity index (χ0) is 9.52. The van der Waals surface area contributed by atoms with Crippen LogP contribution in [0.25, 0.3) is 0 Å². The third-order valence-electron chi connectivity index (χ3n) is 2.30. The van der Waals surface area contributed by atoms with Gasteiger partial charge in [0.05, 0.1) is 13.2 Å². The van der Waals surface area contributed by atoms with Crippen LogP contribution in [0, 0.1) is 5.92 Å². The lowest BCUT2D eigenvalue weighted by atomic mass is 10.1. The second-order valence-electron chi connectivity index (χ2n) is 3.30. The number of hydrogen-bond acceptors (Lipinski definition) is 4. The number of hydrogen-bond donors (Lipinski definition) is 1. The normalized spacial score (nSPS) is 22.8. The Balaban J connectivity index is 1.98. The Kier molecular flexibility index (Phi) is 5.31. The van der Waals surface area contributed by atoms with E-state index in [4.69, 9.17) is 14.2 Å². The molecule has 0 saturated carbocycles. The van der Waals surface area contributed by atoms with Crippen LogP contribution in [0.15, 0.2) is 0 Å². The summed E-state index contributed by atoms with van der Waals surface area (Å²) in [5.74, 6) is 0.661. The molecule has 1 atom stereocenters. The minimum atomic E-state index is -0.227. The van der Waals surface area contributed by atoms with E-state index in [9.17, 15) is 0 Å². The van der Waals surface area contributed by atoms with Gasteiger partial charge in [-0.1, -0.05) is 0 Å². The van der Waals surface area contributed by atoms with Crippen LogP contribution in [-0.2, 0) is 14.2 Å². The van der Waals surface area contributed by atoms with Crippen LogP contribution in [0.1, 0.15) is 6.42 Å². The Morgan fingerprint density at radius 1 is 1.38 bits per heavy atom. The van der Waals surface area contributed by atoms with E-state index < -0.39 is 0 Å². The summed E-state index contributed by atoms with van der Waals surface area (Å²) < 4.78 is 15.5. The fourth-order valence-corrected chi connectivity index (χ4v) is 1.42. The number of nitrogens with one attached hydrogen (secondary N) is 1. The number of rotatable bonds is 6. The summed E-state index contributed by atoms with van der Waals surface area (Å²) >= 11 is 0. The summed E-state index contributed by atoms with van der Waals surface area (Å²) in [6.45, 7) is 3.51. The Labute approximate surface area is 79.5 Å². The maximum atomic E-state index is 5.47. The van der Waals surface area contributed by atoms with Gasteiger partial charge in [0.15, 0.2) is 6.29 Å². The van der Waals surface area contributed by atoms with E-state index in [2.05, 4.69) is 5.32 Å². The second kappa shape index (κ2) is 6.32. The Hall–Kier alpha value is -0.160. The molecule has 0 bridgehead atoms. The SMILES string of the molecule is COC(COCC1CCNC1)OC. The summed E-state index contributed by atoms with van der Waals surface area (Å²) in [5.41, 5.74) is 0. The molecular weight excluding hydrogens is 170 g/mol. The van der Waals surface area contributed by atoms with Crippen molar-refractivity contribution in [1.29, 1.82) is 0 Å². The van der Waals surface area contributed by atoms with Crippen molar-refractivity contribution >= 4 is 0 Å². The quantitative estimate of drug-likeness (QED) is 0.607. The second-order valence-corrected chi connectivity index (χ2v) is 3.30. The molecule has 1 heterocycles. The first-order valence-electron chi connectivity index (χ1n) is 4.71. The fraction of sp³-hybridized carbons (Fsp3) is 1.00. The minimum absolute atomic E-state index is 0.227. The first-order chi connectivity index (χ1) is 6.36. The molecule has 1 aliphatic heterocycles. The standard InChI is InChI=1S/C9H19NO3/c1-11-9(12-2)7-13-6-8-3-4-10-5-8/h8-10H,3-7H2,1-2H3. The van der Waals surface area contributed by atoms with Crippen molar-refractivity contribution in [2.24, 2.45) is 5.92 Å². The first-order valence-corrected chi connectivity index (χ1v) is 4.71. The van der Waals surface area contributed by atoms with E-state index in [1.807, 2.05) is 0 Å². The Bertz CT molecular complexity index is 120. The van der Waals surface area contributed by atoms with Gasteiger partial charge in [0.25, 0.3) is 0 Å². The molecule has 78 valence electrons. The highest BCUT2D eigenvalue weighted by atomic mass is 16.7. The van der Waals surface area contributed by atoms with Crippen LogP contribution in [-0.4, -0.2) is 46.8 Å². The predicted octanol–water partition coefficient (Wildman–Crippen LogP) is 0.231. The lowest BCUT2D eigenvalue weighted by Gasteiger charge is -2.15. The highest BCUT2D eigenvalue weighted by Crippen LogP contribution is 2.07. The monoisotopic (exact) mass is 189 g/mol. The van der Waals surface area contributed by atoms with Crippen LogP contribution < -0.4 is 5.32 Å². The van der Waals surface area contributed by atoms with Gasteiger partial charge in [-0.05, 0) is 18.9 Å². The minimum Gasteiger partial charge on any atom is -0.376 e. The van der Waals surface area contributed by atoms with Gasteiger partial charge in [-0.3, -0.25) is 0 Å². The van der Waals surface area contributed by atoms with Gasteiger partial charge in [-0.15, -0.1) is 0 Å². The van der Waals surface area contributed by atoms with E-state index in [0.717, 1.165) is 19.7 Å². The van der Waals surface area contributed by atoms with Crippen LogP contribution >= 0.6 is 0 Å². The molecule has 1 saturated heterocycles. The molecule has 13 heavy (non-hydrogen) atoms. The molecule has 1 rings (SSSR count). The Morgan fingerprint density at radius 2 is 2.15 bits per heavy atom. The molecule has 0 radical (unpaired) electrons. The molecule has 1 unspecified atom stereocenters. The molecular formula is C9H19NO3. The molecule has 1 N–H and O–H groups in total. The van der Waals surface area contributed by atoms with Crippen molar-refractivity contribution < 1.29 is 14.2 Å². The molecule has 0 aromatic heterocycles. The summed E-state index contributed by atoms with van der Waals surface area (Å²) in [4.78, 5) is 0. The average Bonchev–Trinajstić information content (AvgIpc) is 2.65. The van der Waals surface area contributed by atoms with E-state index in [1.165, 1.54) is 6.42 Å². The van der Waals surface area contributed by atoms with E-state index in [-0.39, 0.29) is 6.29 Å². The van der Waals surface area contributed by atoms with Crippen molar-refractivity contribution in [3.05, 3.63) is 0 Å². The van der Waals surface area contributed by atoms with E-state index in [0.29, 0.717) is 12.5 Å². The van der Waals surface area contributed by atoms with Crippen molar-refractivity contribution in [3.63, 3.8) is 0 Å². The van der Waals surface area contributed by atoms with E-state index >= 15 is 0 Å². The van der Waals surface area contributed by atoms with Crippen molar-refractivity contribution in [3.8, 4) is 0 Å².